The zero-order valence-corrected chi connectivity index (χ0v) is 15.5. The second-order valence-electron chi connectivity index (χ2n) is 7.57. The van der Waals surface area contributed by atoms with Crippen LogP contribution in [0.4, 0.5) is 19.0 Å². The van der Waals surface area contributed by atoms with Gasteiger partial charge in [0, 0.05) is 31.1 Å². The first-order chi connectivity index (χ1) is 13.4. The number of amides is 1. The summed E-state index contributed by atoms with van der Waals surface area (Å²) in [6.45, 7) is 1.07. The van der Waals surface area contributed by atoms with Gasteiger partial charge in [-0.2, -0.15) is 27.8 Å². The van der Waals surface area contributed by atoms with Gasteiger partial charge in [0.15, 0.2) is 5.69 Å². The molecule has 7 nitrogen and oxygen atoms in total. The topological polar surface area (TPSA) is 75.4 Å². The van der Waals surface area contributed by atoms with E-state index in [2.05, 4.69) is 20.4 Å². The van der Waals surface area contributed by atoms with Gasteiger partial charge in [-0.3, -0.25) is 4.79 Å². The average molecular weight is 396 g/mol. The van der Waals surface area contributed by atoms with Crippen LogP contribution in [0.15, 0.2) is 12.4 Å². The smallest absolute Gasteiger partial charge is 0.356 e. The van der Waals surface area contributed by atoms with E-state index in [4.69, 9.17) is 0 Å². The number of carbonyl (C=O) groups is 1. The number of nitrogens with one attached hydrogen (secondary N) is 1. The van der Waals surface area contributed by atoms with E-state index in [0.29, 0.717) is 31.7 Å². The van der Waals surface area contributed by atoms with E-state index < -0.39 is 11.9 Å². The number of carbonyl (C=O) groups excluding carboxylic acids is 1. The molecule has 4 rings (SSSR count). The summed E-state index contributed by atoms with van der Waals surface area (Å²) < 4.78 is 40.8. The third kappa shape index (κ3) is 3.90. The van der Waals surface area contributed by atoms with Crippen molar-refractivity contribution in [3.8, 4) is 0 Å². The quantitative estimate of drug-likeness (QED) is 0.864. The van der Waals surface area contributed by atoms with Crippen molar-refractivity contribution in [1.82, 2.24) is 24.9 Å². The van der Waals surface area contributed by atoms with Crippen LogP contribution < -0.4 is 10.2 Å². The first-order valence-electron chi connectivity index (χ1n) is 9.75. The van der Waals surface area contributed by atoms with E-state index in [9.17, 15) is 18.0 Å². The SMILES string of the molecule is O=C(NC1CCN(c2cc(C(F)(F)F)nc3ncnn23)CC1)C1CCCCC1. The standard InChI is InChI=1S/C18H23F3N6O/c19-18(20,21)14-10-15(27-17(25-14)22-11-23-27)26-8-6-13(7-9-26)24-16(28)12-4-2-1-3-5-12/h10-13H,1-9H2,(H,24,28). The van der Waals surface area contributed by atoms with E-state index in [1.165, 1.54) is 17.3 Å². The Bertz CT molecular complexity index is 837. The molecule has 2 fully saturated rings. The van der Waals surface area contributed by atoms with Crippen LogP contribution >= 0.6 is 0 Å². The molecule has 2 aromatic heterocycles. The highest BCUT2D eigenvalue weighted by Crippen LogP contribution is 2.31. The first kappa shape index (κ1) is 18.9. The van der Waals surface area contributed by atoms with Gasteiger partial charge in [0.25, 0.3) is 5.78 Å². The molecule has 1 aliphatic heterocycles. The largest absolute Gasteiger partial charge is 0.433 e. The lowest BCUT2D eigenvalue weighted by Crippen LogP contribution is -2.47. The number of hydrogen-bond acceptors (Lipinski definition) is 5. The van der Waals surface area contributed by atoms with Crippen molar-refractivity contribution in [3.63, 3.8) is 0 Å². The Balaban J connectivity index is 1.43. The molecule has 28 heavy (non-hydrogen) atoms. The maximum absolute atomic E-state index is 13.2. The summed E-state index contributed by atoms with van der Waals surface area (Å²) in [7, 11) is 0. The highest BCUT2D eigenvalue weighted by Gasteiger charge is 2.35. The molecule has 0 bridgehead atoms. The molecule has 0 unspecified atom stereocenters. The number of aromatic nitrogens is 4. The fraction of sp³-hybridized carbons (Fsp3) is 0.667. The van der Waals surface area contributed by atoms with Crippen molar-refractivity contribution in [2.45, 2.75) is 57.2 Å². The fourth-order valence-corrected chi connectivity index (χ4v) is 4.10. The van der Waals surface area contributed by atoms with Crippen LogP contribution in [-0.2, 0) is 11.0 Å². The number of alkyl halides is 3. The van der Waals surface area contributed by atoms with E-state index in [1.807, 2.05) is 4.90 Å². The summed E-state index contributed by atoms with van der Waals surface area (Å²) in [5.74, 6) is 0.487. The third-order valence-electron chi connectivity index (χ3n) is 5.66. The van der Waals surface area contributed by atoms with Crippen LogP contribution in [0.1, 0.15) is 50.6 Å². The number of anilines is 1. The van der Waals surface area contributed by atoms with Gasteiger partial charge in [0.1, 0.15) is 12.1 Å². The van der Waals surface area contributed by atoms with Gasteiger partial charge in [-0.1, -0.05) is 19.3 Å². The summed E-state index contributed by atoms with van der Waals surface area (Å²) in [5, 5.41) is 7.15. The number of piperidine rings is 1. The van der Waals surface area contributed by atoms with Crippen LogP contribution in [0.25, 0.3) is 5.78 Å². The maximum Gasteiger partial charge on any atom is 0.433 e. The van der Waals surface area contributed by atoms with Crippen LogP contribution in [0.3, 0.4) is 0 Å². The molecule has 0 atom stereocenters. The summed E-state index contributed by atoms with van der Waals surface area (Å²) in [6.07, 6.45) is 3.32. The molecular weight excluding hydrogens is 373 g/mol. The van der Waals surface area contributed by atoms with Gasteiger partial charge < -0.3 is 10.2 Å². The summed E-state index contributed by atoms with van der Waals surface area (Å²) >= 11 is 0. The van der Waals surface area contributed by atoms with Crippen molar-refractivity contribution < 1.29 is 18.0 Å². The minimum absolute atomic E-state index is 0.0563. The Hall–Kier alpha value is -2.39. The van der Waals surface area contributed by atoms with Gasteiger partial charge in [0.2, 0.25) is 5.91 Å². The Labute approximate surface area is 160 Å². The van der Waals surface area contributed by atoms with Crippen LogP contribution in [0, 0.1) is 5.92 Å². The molecule has 2 aromatic rings. The van der Waals surface area contributed by atoms with Crippen molar-refractivity contribution in [3.05, 3.63) is 18.1 Å². The molecule has 0 spiro atoms. The van der Waals surface area contributed by atoms with Crippen molar-refractivity contribution >= 4 is 17.5 Å². The zero-order valence-electron chi connectivity index (χ0n) is 15.5. The summed E-state index contributed by atoms with van der Waals surface area (Å²) in [4.78, 5) is 21.6. The maximum atomic E-state index is 13.2. The van der Waals surface area contributed by atoms with E-state index >= 15 is 0 Å². The monoisotopic (exact) mass is 396 g/mol. The minimum atomic E-state index is -4.55. The number of nitrogens with zero attached hydrogens (tertiary/aromatic N) is 5. The predicted octanol–water partition coefficient (Wildman–Crippen LogP) is 2.81. The molecule has 2 aliphatic rings. The lowest BCUT2D eigenvalue weighted by Gasteiger charge is -2.34. The molecule has 0 aromatic carbocycles. The van der Waals surface area contributed by atoms with Crippen LogP contribution in [-0.4, -0.2) is 44.6 Å². The minimum Gasteiger partial charge on any atom is -0.356 e. The molecule has 3 heterocycles. The zero-order chi connectivity index (χ0) is 19.7. The number of halogens is 3. The Kier molecular flexibility index (Phi) is 5.11. The van der Waals surface area contributed by atoms with Crippen molar-refractivity contribution in [2.24, 2.45) is 5.92 Å². The molecule has 0 radical (unpaired) electrons. The Morgan fingerprint density at radius 3 is 2.50 bits per heavy atom. The molecule has 1 amide bonds. The highest BCUT2D eigenvalue weighted by atomic mass is 19.4. The normalized spacial score (nSPS) is 19.9. The Morgan fingerprint density at radius 2 is 1.82 bits per heavy atom. The summed E-state index contributed by atoms with van der Waals surface area (Å²) in [6, 6.07) is 1.07. The third-order valence-corrected chi connectivity index (χ3v) is 5.66. The molecule has 1 saturated carbocycles. The van der Waals surface area contributed by atoms with Gasteiger partial charge in [-0.25, -0.2) is 4.98 Å². The van der Waals surface area contributed by atoms with Crippen LogP contribution in [0.2, 0.25) is 0 Å². The highest BCUT2D eigenvalue weighted by molar-refractivity contribution is 5.79. The van der Waals surface area contributed by atoms with Gasteiger partial charge in [-0.05, 0) is 25.7 Å². The number of rotatable bonds is 3. The van der Waals surface area contributed by atoms with Gasteiger partial charge >= 0.3 is 6.18 Å². The lowest BCUT2D eigenvalue weighted by atomic mass is 9.88. The van der Waals surface area contributed by atoms with Crippen molar-refractivity contribution in [1.29, 1.82) is 0 Å². The second kappa shape index (κ2) is 7.56. The lowest BCUT2D eigenvalue weighted by molar-refractivity contribution is -0.141. The van der Waals surface area contributed by atoms with E-state index in [1.54, 1.807) is 0 Å². The van der Waals surface area contributed by atoms with Gasteiger partial charge in [-0.15, -0.1) is 0 Å². The van der Waals surface area contributed by atoms with Crippen LogP contribution in [0.5, 0.6) is 0 Å². The molecule has 1 aliphatic carbocycles. The van der Waals surface area contributed by atoms with Gasteiger partial charge in [0.05, 0.1) is 0 Å². The van der Waals surface area contributed by atoms with Crippen molar-refractivity contribution in [2.75, 3.05) is 18.0 Å². The second-order valence-corrected chi connectivity index (χ2v) is 7.57. The molecular formula is C18H23F3N6O. The average Bonchev–Trinajstić information content (AvgIpc) is 3.17. The summed E-state index contributed by atoms with van der Waals surface area (Å²) in [5.41, 5.74) is -0.976. The van der Waals surface area contributed by atoms with E-state index in [-0.39, 0.29) is 23.6 Å². The number of fused-ring (bicyclic) bond motifs is 1. The first-order valence-corrected chi connectivity index (χ1v) is 9.75. The molecule has 1 N–H and O–H groups in total. The molecule has 152 valence electrons. The fourth-order valence-electron chi connectivity index (χ4n) is 4.10. The Morgan fingerprint density at radius 1 is 1.11 bits per heavy atom. The van der Waals surface area contributed by atoms with E-state index in [0.717, 1.165) is 31.7 Å². The molecule has 10 heteroatoms. The molecule has 1 saturated heterocycles. The predicted molar refractivity (Wildman–Crippen MR) is 95.7 cm³/mol. The number of hydrogen-bond donors (Lipinski definition) is 1.